The summed E-state index contributed by atoms with van der Waals surface area (Å²) in [6.07, 6.45) is 0.939. The summed E-state index contributed by atoms with van der Waals surface area (Å²) in [7, 11) is 0. The van der Waals surface area contributed by atoms with Crippen molar-refractivity contribution < 1.29 is 13.9 Å². The topological polar surface area (TPSA) is 79.3 Å². The minimum Gasteiger partial charge on any atom is -0.489 e. The normalized spacial score (nSPS) is 18.5. The Balaban J connectivity index is 1.66. The number of ketones is 1. The highest BCUT2D eigenvalue weighted by Gasteiger charge is 2.45. The number of allylic oxidation sites excluding steroid dienone is 3. The fourth-order valence-corrected chi connectivity index (χ4v) is 5.94. The van der Waals surface area contributed by atoms with Crippen LogP contribution in [0, 0.1) is 36.4 Å². The molecule has 1 unspecified atom stereocenters. The molecule has 0 radical (unpaired) electrons. The number of halogens is 2. The second kappa shape index (κ2) is 10.5. The van der Waals surface area contributed by atoms with Crippen LogP contribution in [-0.2, 0) is 11.4 Å². The molecule has 204 valence electrons. The van der Waals surface area contributed by atoms with Crippen molar-refractivity contribution in [1.82, 2.24) is 0 Å². The van der Waals surface area contributed by atoms with Crippen LogP contribution < -0.4 is 15.4 Å². The second-order valence-electron chi connectivity index (χ2n) is 11.3. The summed E-state index contributed by atoms with van der Waals surface area (Å²) in [5.74, 6) is -0.0585. The van der Waals surface area contributed by atoms with E-state index in [1.54, 1.807) is 29.2 Å². The fourth-order valence-electron chi connectivity index (χ4n) is 5.81. The van der Waals surface area contributed by atoms with Gasteiger partial charge < -0.3 is 10.5 Å². The molecule has 1 aliphatic heterocycles. The van der Waals surface area contributed by atoms with E-state index in [-0.39, 0.29) is 22.8 Å². The molecule has 0 fully saturated rings. The van der Waals surface area contributed by atoms with Gasteiger partial charge in [0.15, 0.2) is 5.78 Å². The first kappa shape index (κ1) is 27.5. The molecule has 1 aliphatic carbocycles. The Hall–Kier alpha value is -4.08. The third kappa shape index (κ3) is 5.10. The lowest BCUT2D eigenvalue weighted by Crippen LogP contribution is -2.42. The van der Waals surface area contributed by atoms with Crippen molar-refractivity contribution in [3.63, 3.8) is 0 Å². The zero-order chi connectivity index (χ0) is 28.8. The largest absolute Gasteiger partial charge is 0.489 e. The number of carbonyl (C=O) groups excluding carboxylic acids is 1. The number of rotatable bonds is 5. The van der Waals surface area contributed by atoms with Gasteiger partial charge in [-0.1, -0.05) is 43.1 Å². The zero-order valence-electron chi connectivity index (χ0n) is 23.0. The van der Waals surface area contributed by atoms with E-state index in [2.05, 4.69) is 26.0 Å². The van der Waals surface area contributed by atoms with Gasteiger partial charge in [-0.25, -0.2) is 4.39 Å². The molecule has 0 spiro atoms. The van der Waals surface area contributed by atoms with Gasteiger partial charge in [-0.15, -0.1) is 0 Å². The van der Waals surface area contributed by atoms with E-state index >= 15 is 0 Å². The number of carbonyl (C=O) groups is 1. The molecule has 1 heterocycles. The number of hydrogen-bond donors (Lipinski definition) is 1. The molecule has 5 rings (SSSR count). The van der Waals surface area contributed by atoms with Crippen LogP contribution in [0.3, 0.4) is 0 Å². The number of nitriles is 1. The first-order valence-electron chi connectivity index (χ1n) is 13.2. The SMILES string of the molecule is Cc1cc(COc2ccc(Cl)cc2)c(C)c(C2C(C#N)=C(N)N(c3ccc(F)cc3)C3=C2C(=O)CC(C)(C)C3)c1. The summed E-state index contributed by atoms with van der Waals surface area (Å²) >= 11 is 6.01. The molecule has 0 amide bonds. The average Bonchev–Trinajstić information content (AvgIpc) is 2.89. The predicted molar refractivity (Wildman–Crippen MR) is 155 cm³/mol. The maximum absolute atomic E-state index is 13.9. The van der Waals surface area contributed by atoms with Crippen molar-refractivity contribution >= 4 is 23.1 Å². The number of nitrogens with two attached hydrogens (primary N) is 1. The third-order valence-electron chi connectivity index (χ3n) is 7.68. The summed E-state index contributed by atoms with van der Waals surface area (Å²) < 4.78 is 19.9. The number of Topliss-reactive ketones (excluding diaryl/α,β-unsaturated/α-hetero) is 1. The quantitative estimate of drug-likeness (QED) is 0.350. The lowest BCUT2D eigenvalue weighted by molar-refractivity contribution is -0.118. The standard InChI is InChI=1S/C33H31ClFN3O2/c1-19-13-21(18-40-25-11-5-22(34)6-12-25)20(2)26(14-19)30-27(17-36)32(37)38(24-9-7-23(35)8-10-24)28-15-33(3,4)16-29(39)31(28)30/h5-14,30H,15-16,18,37H2,1-4H3. The highest BCUT2D eigenvalue weighted by Crippen LogP contribution is 2.51. The second-order valence-corrected chi connectivity index (χ2v) is 11.8. The summed E-state index contributed by atoms with van der Waals surface area (Å²) in [5.41, 5.74) is 12.4. The van der Waals surface area contributed by atoms with E-state index in [1.807, 2.05) is 32.0 Å². The molecule has 7 heteroatoms. The molecule has 40 heavy (non-hydrogen) atoms. The van der Waals surface area contributed by atoms with Gasteiger partial charge in [0, 0.05) is 28.4 Å². The smallest absolute Gasteiger partial charge is 0.162 e. The Morgan fingerprint density at radius 1 is 1.10 bits per heavy atom. The summed E-state index contributed by atoms with van der Waals surface area (Å²) in [6, 6.07) is 19.6. The van der Waals surface area contributed by atoms with Crippen LogP contribution in [0.4, 0.5) is 10.1 Å². The summed E-state index contributed by atoms with van der Waals surface area (Å²) in [5, 5.41) is 11.1. The summed E-state index contributed by atoms with van der Waals surface area (Å²) in [6.45, 7) is 8.39. The molecule has 0 saturated heterocycles. The van der Waals surface area contributed by atoms with Gasteiger partial charge in [-0.3, -0.25) is 9.69 Å². The van der Waals surface area contributed by atoms with Crippen molar-refractivity contribution in [2.24, 2.45) is 11.1 Å². The van der Waals surface area contributed by atoms with E-state index in [4.69, 9.17) is 22.1 Å². The molecule has 3 aromatic carbocycles. The van der Waals surface area contributed by atoms with Crippen LogP contribution in [0.25, 0.3) is 0 Å². The molecular formula is C33H31ClFN3O2. The first-order valence-corrected chi connectivity index (χ1v) is 13.6. The number of benzene rings is 3. The summed E-state index contributed by atoms with van der Waals surface area (Å²) in [4.78, 5) is 15.7. The van der Waals surface area contributed by atoms with Crippen molar-refractivity contribution in [2.45, 2.75) is 53.1 Å². The number of anilines is 1. The number of aryl methyl sites for hydroxylation is 1. The van der Waals surface area contributed by atoms with Crippen molar-refractivity contribution in [3.8, 4) is 11.8 Å². The highest BCUT2D eigenvalue weighted by atomic mass is 35.5. The molecule has 2 N–H and O–H groups in total. The van der Waals surface area contributed by atoms with Gasteiger partial charge in [0.1, 0.15) is 24.0 Å². The zero-order valence-corrected chi connectivity index (χ0v) is 23.8. The molecule has 3 aromatic rings. The fraction of sp³-hybridized carbons (Fsp3) is 0.273. The van der Waals surface area contributed by atoms with Crippen LogP contribution in [0.5, 0.6) is 5.75 Å². The Kier molecular flexibility index (Phi) is 7.20. The monoisotopic (exact) mass is 555 g/mol. The van der Waals surface area contributed by atoms with Gasteiger partial charge in [-0.05, 0) is 90.9 Å². The molecule has 2 aliphatic rings. The number of nitrogens with zero attached hydrogens (tertiary/aromatic N) is 2. The van der Waals surface area contributed by atoms with E-state index in [9.17, 15) is 14.4 Å². The lowest BCUT2D eigenvalue weighted by Gasteiger charge is -2.44. The van der Waals surface area contributed by atoms with Gasteiger partial charge in [0.25, 0.3) is 0 Å². The lowest BCUT2D eigenvalue weighted by atomic mass is 9.68. The highest BCUT2D eigenvalue weighted by molar-refractivity contribution is 6.30. The number of ether oxygens (including phenoxy) is 1. The Morgan fingerprint density at radius 3 is 2.42 bits per heavy atom. The van der Waals surface area contributed by atoms with Gasteiger partial charge in [0.05, 0.1) is 17.6 Å². The van der Waals surface area contributed by atoms with Gasteiger partial charge in [0.2, 0.25) is 0 Å². The number of hydrogen-bond acceptors (Lipinski definition) is 5. The maximum atomic E-state index is 13.9. The third-order valence-corrected chi connectivity index (χ3v) is 7.94. The van der Waals surface area contributed by atoms with Crippen molar-refractivity contribution in [1.29, 1.82) is 5.26 Å². The van der Waals surface area contributed by atoms with Crippen LogP contribution in [-0.4, -0.2) is 5.78 Å². The Morgan fingerprint density at radius 2 is 1.77 bits per heavy atom. The van der Waals surface area contributed by atoms with E-state index in [1.165, 1.54) is 12.1 Å². The molecular weight excluding hydrogens is 525 g/mol. The first-order chi connectivity index (χ1) is 19.0. The van der Waals surface area contributed by atoms with Crippen molar-refractivity contribution in [3.05, 3.63) is 116 Å². The average molecular weight is 556 g/mol. The van der Waals surface area contributed by atoms with Crippen LogP contribution in [0.2, 0.25) is 5.02 Å². The van der Waals surface area contributed by atoms with Gasteiger partial charge in [-0.2, -0.15) is 5.26 Å². The molecule has 0 bridgehead atoms. The molecule has 0 aromatic heterocycles. The van der Waals surface area contributed by atoms with E-state index < -0.39 is 5.92 Å². The molecule has 1 atom stereocenters. The van der Waals surface area contributed by atoms with E-state index in [0.29, 0.717) is 47.1 Å². The van der Waals surface area contributed by atoms with Crippen LogP contribution in [0.15, 0.2) is 83.3 Å². The Bertz CT molecular complexity index is 1600. The van der Waals surface area contributed by atoms with Crippen LogP contribution >= 0.6 is 11.6 Å². The van der Waals surface area contributed by atoms with Crippen LogP contribution in [0.1, 0.15) is 54.9 Å². The molecule has 5 nitrogen and oxygen atoms in total. The maximum Gasteiger partial charge on any atom is 0.162 e. The minimum atomic E-state index is -0.616. The molecule has 0 saturated carbocycles. The van der Waals surface area contributed by atoms with Gasteiger partial charge >= 0.3 is 0 Å². The van der Waals surface area contributed by atoms with E-state index in [0.717, 1.165) is 28.0 Å². The predicted octanol–water partition coefficient (Wildman–Crippen LogP) is 7.62. The van der Waals surface area contributed by atoms with Crippen molar-refractivity contribution in [2.75, 3.05) is 4.90 Å². The Labute approximate surface area is 239 Å². The minimum absolute atomic E-state index is 0.0107.